The van der Waals surface area contributed by atoms with Crippen molar-refractivity contribution in [2.45, 2.75) is 6.42 Å². The fourth-order valence-electron chi connectivity index (χ4n) is 2.73. The van der Waals surface area contributed by atoms with E-state index in [-0.39, 0.29) is 11.7 Å². The molecule has 1 aliphatic rings. The lowest BCUT2D eigenvalue weighted by atomic mass is 10.2. The standard InChI is InChI=1S/C19H19FN2O3/c20-16-9-7-15(8-10-16)18(23)21-11-4-12-22(14-13-21)19(24)25-17-5-2-1-3-6-17/h1-3,5-10H,4,11-14H2. The van der Waals surface area contributed by atoms with Crippen LogP contribution in [0.3, 0.4) is 0 Å². The first kappa shape index (κ1) is 17.0. The molecule has 0 spiro atoms. The third kappa shape index (κ3) is 4.35. The molecule has 1 heterocycles. The second kappa shape index (κ2) is 7.79. The van der Waals surface area contributed by atoms with E-state index in [4.69, 9.17) is 4.74 Å². The maximum Gasteiger partial charge on any atom is 0.415 e. The molecule has 130 valence electrons. The number of rotatable bonds is 2. The van der Waals surface area contributed by atoms with Crippen LogP contribution in [0.1, 0.15) is 16.8 Å². The fourth-order valence-corrected chi connectivity index (χ4v) is 2.73. The maximum absolute atomic E-state index is 13.0. The zero-order valence-electron chi connectivity index (χ0n) is 13.7. The van der Waals surface area contributed by atoms with Gasteiger partial charge in [0.2, 0.25) is 0 Å². The summed E-state index contributed by atoms with van der Waals surface area (Å²) >= 11 is 0. The maximum atomic E-state index is 13.0. The number of carbonyl (C=O) groups is 2. The molecule has 0 radical (unpaired) electrons. The van der Waals surface area contributed by atoms with E-state index >= 15 is 0 Å². The zero-order valence-corrected chi connectivity index (χ0v) is 13.7. The minimum Gasteiger partial charge on any atom is -0.410 e. The van der Waals surface area contributed by atoms with Crippen LogP contribution in [-0.4, -0.2) is 48.0 Å². The highest BCUT2D eigenvalue weighted by molar-refractivity contribution is 5.94. The Bertz CT molecular complexity index is 734. The third-order valence-corrected chi connectivity index (χ3v) is 4.08. The Morgan fingerprint density at radius 3 is 2.20 bits per heavy atom. The van der Waals surface area contributed by atoms with Crippen molar-refractivity contribution in [2.24, 2.45) is 0 Å². The molecule has 5 nitrogen and oxygen atoms in total. The van der Waals surface area contributed by atoms with Crippen molar-refractivity contribution >= 4 is 12.0 Å². The van der Waals surface area contributed by atoms with Crippen LogP contribution in [-0.2, 0) is 0 Å². The Morgan fingerprint density at radius 1 is 0.840 bits per heavy atom. The summed E-state index contributed by atoms with van der Waals surface area (Å²) in [5, 5.41) is 0. The molecule has 1 fully saturated rings. The van der Waals surface area contributed by atoms with Gasteiger partial charge in [0.15, 0.2) is 0 Å². The molecule has 0 aromatic heterocycles. The van der Waals surface area contributed by atoms with Crippen LogP contribution >= 0.6 is 0 Å². The van der Waals surface area contributed by atoms with Gasteiger partial charge in [-0.25, -0.2) is 9.18 Å². The monoisotopic (exact) mass is 342 g/mol. The summed E-state index contributed by atoms with van der Waals surface area (Å²) in [5.74, 6) is -0.0310. The second-order valence-electron chi connectivity index (χ2n) is 5.82. The van der Waals surface area contributed by atoms with Crippen molar-refractivity contribution in [1.29, 1.82) is 0 Å². The van der Waals surface area contributed by atoms with Gasteiger partial charge in [-0.1, -0.05) is 18.2 Å². The zero-order chi connectivity index (χ0) is 17.6. The van der Waals surface area contributed by atoms with Crippen LogP contribution in [0.2, 0.25) is 0 Å². The molecular weight excluding hydrogens is 323 g/mol. The summed E-state index contributed by atoms with van der Waals surface area (Å²) in [7, 11) is 0. The number of carbonyl (C=O) groups excluding carboxylic acids is 2. The van der Waals surface area contributed by atoms with Crippen LogP contribution in [0.25, 0.3) is 0 Å². The molecule has 3 rings (SSSR count). The predicted octanol–water partition coefficient (Wildman–Crippen LogP) is 3.17. The average molecular weight is 342 g/mol. The van der Waals surface area contributed by atoms with E-state index in [9.17, 15) is 14.0 Å². The van der Waals surface area contributed by atoms with Gasteiger partial charge in [0.25, 0.3) is 5.91 Å². The quantitative estimate of drug-likeness (QED) is 0.842. The van der Waals surface area contributed by atoms with Crippen LogP contribution in [0, 0.1) is 5.82 Å². The molecule has 6 heteroatoms. The van der Waals surface area contributed by atoms with Gasteiger partial charge in [-0.05, 0) is 42.8 Å². The molecule has 0 unspecified atom stereocenters. The number of halogens is 1. The molecule has 2 aromatic carbocycles. The Morgan fingerprint density at radius 2 is 1.48 bits per heavy atom. The molecule has 2 amide bonds. The first-order valence-electron chi connectivity index (χ1n) is 8.20. The van der Waals surface area contributed by atoms with E-state index in [1.807, 2.05) is 6.07 Å². The van der Waals surface area contributed by atoms with E-state index in [0.29, 0.717) is 43.9 Å². The molecule has 0 saturated carbocycles. The molecular formula is C19H19FN2O3. The van der Waals surface area contributed by atoms with Crippen molar-refractivity contribution in [1.82, 2.24) is 9.80 Å². The molecule has 2 aromatic rings. The first-order valence-corrected chi connectivity index (χ1v) is 8.20. The highest BCUT2D eigenvalue weighted by Gasteiger charge is 2.23. The Hall–Kier alpha value is -2.89. The first-order chi connectivity index (χ1) is 12.1. The van der Waals surface area contributed by atoms with Crippen LogP contribution in [0.15, 0.2) is 54.6 Å². The normalized spacial score (nSPS) is 14.8. The van der Waals surface area contributed by atoms with Gasteiger partial charge in [0.1, 0.15) is 11.6 Å². The number of amides is 2. The predicted molar refractivity (Wildman–Crippen MR) is 91.0 cm³/mol. The van der Waals surface area contributed by atoms with Gasteiger partial charge >= 0.3 is 6.09 Å². The number of ether oxygens (including phenoxy) is 1. The minimum atomic E-state index is -0.415. The topological polar surface area (TPSA) is 49.9 Å². The Kier molecular flexibility index (Phi) is 5.28. The SMILES string of the molecule is O=C(Oc1ccccc1)N1CCCN(C(=O)c2ccc(F)cc2)CC1. The fraction of sp³-hybridized carbons (Fsp3) is 0.263. The van der Waals surface area contributed by atoms with Gasteiger partial charge in [-0.2, -0.15) is 0 Å². The summed E-state index contributed by atoms with van der Waals surface area (Å²) in [4.78, 5) is 28.0. The highest BCUT2D eigenvalue weighted by Crippen LogP contribution is 2.13. The molecule has 0 N–H and O–H groups in total. The van der Waals surface area contributed by atoms with E-state index in [1.54, 1.807) is 34.1 Å². The Balaban J connectivity index is 1.59. The van der Waals surface area contributed by atoms with E-state index in [0.717, 1.165) is 0 Å². The summed E-state index contributed by atoms with van der Waals surface area (Å²) in [6, 6.07) is 14.4. The number of benzene rings is 2. The molecule has 0 atom stereocenters. The Labute approximate surface area is 145 Å². The van der Waals surface area contributed by atoms with Crippen molar-refractivity contribution in [3.05, 3.63) is 66.0 Å². The summed E-state index contributed by atoms with van der Waals surface area (Å²) in [6.07, 6.45) is 0.249. The number of hydrogen-bond acceptors (Lipinski definition) is 3. The lowest BCUT2D eigenvalue weighted by Gasteiger charge is -2.22. The van der Waals surface area contributed by atoms with Gasteiger partial charge in [-0.3, -0.25) is 4.79 Å². The number of para-hydroxylation sites is 1. The van der Waals surface area contributed by atoms with Crippen molar-refractivity contribution in [2.75, 3.05) is 26.2 Å². The minimum absolute atomic E-state index is 0.154. The van der Waals surface area contributed by atoms with Gasteiger partial charge in [0, 0.05) is 31.7 Å². The molecule has 0 aliphatic carbocycles. The number of nitrogens with zero attached hydrogens (tertiary/aromatic N) is 2. The molecule has 25 heavy (non-hydrogen) atoms. The summed E-state index contributed by atoms with van der Waals surface area (Å²) in [5.41, 5.74) is 0.446. The summed E-state index contributed by atoms with van der Waals surface area (Å²) < 4.78 is 18.3. The molecule has 1 saturated heterocycles. The second-order valence-corrected chi connectivity index (χ2v) is 5.82. The van der Waals surface area contributed by atoms with E-state index < -0.39 is 6.09 Å². The largest absolute Gasteiger partial charge is 0.415 e. The van der Waals surface area contributed by atoms with Crippen molar-refractivity contribution < 1.29 is 18.7 Å². The smallest absolute Gasteiger partial charge is 0.410 e. The van der Waals surface area contributed by atoms with Gasteiger partial charge in [-0.15, -0.1) is 0 Å². The lowest BCUT2D eigenvalue weighted by molar-refractivity contribution is 0.0760. The van der Waals surface area contributed by atoms with Crippen molar-refractivity contribution in [3.63, 3.8) is 0 Å². The van der Waals surface area contributed by atoms with Gasteiger partial charge < -0.3 is 14.5 Å². The highest BCUT2D eigenvalue weighted by atomic mass is 19.1. The molecule has 1 aliphatic heterocycles. The average Bonchev–Trinajstić information content (AvgIpc) is 2.89. The van der Waals surface area contributed by atoms with Crippen molar-refractivity contribution in [3.8, 4) is 5.75 Å². The van der Waals surface area contributed by atoms with Crippen LogP contribution in [0.4, 0.5) is 9.18 Å². The lowest BCUT2D eigenvalue weighted by Crippen LogP contribution is -2.38. The number of hydrogen-bond donors (Lipinski definition) is 0. The molecule has 0 bridgehead atoms. The van der Waals surface area contributed by atoms with E-state index in [1.165, 1.54) is 24.3 Å². The van der Waals surface area contributed by atoms with Crippen LogP contribution < -0.4 is 4.74 Å². The third-order valence-electron chi connectivity index (χ3n) is 4.08. The van der Waals surface area contributed by atoms with Crippen LogP contribution in [0.5, 0.6) is 5.75 Å². The van der Waals surface area contributed by atoms with E-state index in [2.05, 4.69) is 0 Å². The van der Waals surface area contributed by atoms with Gasteiger partial charge in [0.05, 0.1) is 0 Å². The summed E-state index contributed by atoms with van der Waals surface area (Å²) in [6.45, 7) is 1.89.